The van der Waals surface area contributed by atoms with E-state index in [0.29, 0.717) is 5.69 Å². The number of para-hydroxylation sites is 1. The fraction of sp³-hybridized carbons (Fsp3) is 0. The third kappa shape index (κ3) is 3.76. The van der Waals surface area contributed by atoms with Crippen LogP contribution in [-0.4, -0.2) is 13.4 Å². The van der Waals surface area contributed by atoms with Gasteiger partial charge in [-0.15, -0.1) is 11.3 Å². The molecular weight excluding hydrogens is 390 g/mol. The summed E-state index contributed by atoms with van der Waals surface area (Å²) in [4.78, 5) is 4.74. The van der Waals surface area contributed by atoms with Crippen molar-refractivity contribution >= 4 is 32.7 Å². The number of nitrogen functional groups attached to an aromatic ring is 1. The van der Waals surface area contributed by atoms with Gasteiger partial charge >= 0.3 is 0 Å². The van der Waals surface area contributed by atoms with Crippen LogP contribution in [0.25, 0.3) is 21.8 Å². The standard InChI is InChI=1S/C21H17N3O2S2/c22-18-8-4-5-9-20(18)28(25,26)24-17-12-10-15(11-13-17)19-14-27-21(23-19)16-6-2-1-3-7-16/h1-14,24H,22H2. The molecule has 0 saturated heterocycles. The summed E-state index contributed by atoms with van der Waals surface area (Å²) in [5, 5.41) is 2.94. The normalized spacial score (nSPS) is 11.3. The smallest absolute Gasteiger partial charge is 0.263 e. The molecule has 3 aromatic carbocycles. The van der Waals surface area contributed by atoms with E-state index in [0.717, 1.165) is 21.8 Å². The van der Waals surface area contributed by atoms with Gasteiger partial charge in [0.25, 0.3) is 10.0 Å². The highest BCUT2D eigenvalue weighted by molar-refractivity contribution is 7.92. The third-order valence-corrected chi connectivity index (χ3v) is 6.51. The van der Waals surface area contributed by atoms with Crippen molar-refractivity contribution in [2.24, 2.45) is 0 Å². The molecule has 0 aliphatic rings. The molecule has 0 fully saturated rings. The molecule has 1 aromatic heterocycles. The summed E-state index contributed by atoms with van der Waals surface area (Å²) < 4.78 is 27.6. The van der Waals surface area contributed by atoms with Gasteiger partial charge in [0, 0.05) is 22.2 Å². The molecule has 28 heavy (non-hydrogen) atoms. The first-order chi connectivity index (χ1) is 13.5. The number of thiazole rings is 1. The van der Waals surface area contributed by atoms with Gasteiger partial charge in [-0.2, -0.15) is 0 Å². The lowest BCUT2D eigenvalue weighted by molar-refractivity contribution is 0.601. The van der Waals surface area contributed by atoms with E-state index in [-0.39, 0.29) is 10.6 Å². The minimum absolute atomic E-state index is 0.0612. The molecule has 0 bridgehead atoms. The number of nitrogens with two attached hydrogens (primary N) is 1. The number of nitrogens with zero attached hydrogens (tertiary/aromatic N) is 1. The van der Waals surface area contributed by atoms with Crippen molar-refractivity contribution in [3.05, 3.63) is 84.2 Å². The summed E-state index contributed by atoms with van der Waals surface area (Å²) >= 11 is 1.57. The zero-order valence-corrected chi connectivity index (χ0v) is 16.4. The van der Waals surface area contributed by atoms with Crippen LogP contribution >= 0.6 is 11.3 Å². The van der Waals surface area contributed by atoms with Gasteiger partial charge in [0.2, 0.25) is 0 Å². The van der Waals surface area contributed by atoms with Gasteiger partial charge in [-0.3, -0.25) is 4.72 Å². The Kier molecular flexibility index (Phi) is 4.85. The maximum Gasteiger partial charge on any atom is 0.263 e. The predicted octanol–water partition coefficient (Wildman–Crippen LogP) is 4.86. The zero-order valence-electron chi connectivity index (χ0n) is 14.7. The Balaban J connectivity index is 1.55. The minimum atomic E-state index is -3.74. The molecule has 0 amide bonds. The Morgan fingerprint density at radius 3 is 2.21 bits per heavy atom. The van der Waals surface area contributed by atoms with Gasteiger partial charge in [0.05, 0.1) is 11.4 Å². The Morgan fingerprint density at radius 2 is 1.50 bits per heavy atom. The van der Waals surface area contributed by atoms with Crippen LogP contribution in [0.5, 0.6) is 0 Å². The van der Waals surface area contributed by atoms with E-state index in [2.05, 4.69) is 9.71 Å². The molecule has 1 heterocycles. The van der Waals surface area contributed by atoms with E-state index in [1.54, 1.807) is 41.7 Å². The first-order valence-electron chi connectivity index (χ1n) is 8.52. The Labute approximate surface area is 167 Å². The maximum atomic E-state index is 12.5. The number of hydrogen-bond acceptors (Lipinski definition) is 5. The molecule has 0 aliphatic carbocycles. The first-order valence-corrected chi connectivity index (χ1v) is 10.9. The lowest BCUT2D eigenvalue weighted by Crippen LogP contribution is -2.14. The van der Waals surface area contributed by atoms with E-state index in [9.17, 15) is 8.42 Å². The number of anilines is 2. The molecule has 3 N–H and O–H groups in total. The summed E-state index contributed by atoms with van der Waals surface area (Å²) in [7, 11) is -3.74. The van der Waals surface area contributed by atoms with Gasteiger partial charge in [0.1, 0.15) is 9.90 Å². The van der Waals surface area contributed by atoms with Crippen LogP contribution in [0.3, 0.4) is 0 Å². The van der Waals surface area contributed by atoms with Gasteiger partial charge in [-0.05, 0) is 24.3 Å². The minimum Gasteiger partial charge on any atom is -0.398 e. The lowest BCUT2D eigenvalue weighted by Gasteiger charge is -2.10. The van der Waals surface area contributed by atoms with Crippen LogP contribution in [0.1, 0.15) is 0 Å². The molecule has 4 rings (SSSR count). The van der Waals surface area contributed by atoms with Gasteiger partial charge in [-0.25, -0.2) is 13.4 Å². The molecule has 0 aliphatic heterocycles. The quantitative estimate of drug-likeness (QED) is 0.463. The number of sulfonamides is 1. The maximum absolute atomic E-state index is 12.5. The van der Waals surface area contributed by atoms with E-state index >= 15 is 0 Å². The lowest BCUT2D eigenvalue weighted by atomic mass is 10.1. The van der Waals surface area contributed by atoms with Crippen LogP contribution in [0, 0.1) is 0 Å². The van der Waals surface area contributed by atoms with E-state index < -0.39 is 10.0 Å². The molecule has 140 valence electrons. The Bertz CT molecular complexity index is 1200. The highest BCUT2D eigenvalue weighted by Gasteiger charge is 2.17. The second-order valence-electron chi connectivity index (χ2n) is 6.12. The third-order valence-electron chi connectivity index (χ3n) is 4.17. The predicted molar refractivity (Wildman–Crippen MR) is 115 cm³/mol. The fourth-order valence-corrected chi connectivity index (χ4v) is 4.79. The summed E-state index contributed by atoms with van der Waals surface area (Å²) in [6, 6.07) is 23.5. The first kappa shape index (κ1) is 18.2. The number of hydrogen-bond donors (Lipinski definition) is 2. The highest BCUT2D eigenvalue weighted by atomic mass is 32.2. The van der Waals surface area contributed by atoms with Crippen LogP contribution in [0.15, 0.2) is 89.1 Å². The molecular formula is C21H17N3O2S2. The summed E-state index contributed by atoms with van der Waals surface area (Å²) in [5.41, 5.74) is 9.30. The molecule has 0 unspecified atom stereocenters. The average molecular weight is 408 g/mol. The van der Waals surface area contributed by atoms with E-state index in [4.69, 9.17) is 5.73 Å². The van der Waals surface area contributed by atoms with Crippen molar-refractivity contribution in [3.63, 3.8) is 0 Å². The van der Waals surface area contributed by atoms with Crippen molar-refractivity contribution in [1.82, 2.24) is 4.98 Å². The molecule has 7 heteroatoms. The van der Waals surface area contributed by atoms with Crippen LogP contribution < -0.4 is 10.5 Å². The van der Waals surface area contributed by atoms with Gasteiger partial charge in [0.15, 0.2) is 0 Å². The summed E-state index contributed by atoms with van der Waals surface area (Å²) in [5.74, 6) is 0. The van der Waals surface area contributed by atoms with Crippen LogP contribution in [0.2, 0.25) is 0 Å². The van der Waals surface area contributed by atoms with Crippen molar-refractivity contribution < 1.29 is 8.42 Å². The van der Waals surface area contributed by atoms with Gasteiger partial charge < -0.3 is 5.73 Å². The van der Waals surface area contributed by atoms with Crippen LogP contribution in [0.4, 0.5) is 11.4 Å². The number of nitrogens with one attached hydrogen (secondary N) is 1. The molecule has 0 spiro atoms. The average Bonchev–Trinajstić information content (AvgIpc) is 3.19. The monoisotopic (exact) mass is 407 g/mol. The molecule has 4 aromatic rings. The SMILES string of the molecule is Nc1ccccc1S(=O)(=O)Nc1ccc(-c2csc(-c3ccccc3)n2)cc1. The Hall–Kier alpha value is -3.16. The second kappa shape index (κ2) is 7.46. The fourth-order valence-electron chi connectivity index (χ4n) is 2.76. The molecule has 0 radical (unpaired) electrons. The van der Waals surface area contributed by atoms with Crippen molar-refractivity contribution in [3.8, 4) is 21.8 Å². The molecule has 0 atom stereocenters. The summed E-state index contributed by atoms with van der Waals surface area (Å²) in [6.07, 6.45) is 0. The topological polar surface area (TPSA) is 85.1 Å². The highest BCUT2D eigenvalue weighted by Crippen LogP contribution is 2.30. The van der Waals surface area contributed by atoms with E-state index in [1.807, 2.05) is 47.8 Å². The number of aromatic nitrogens is 1. The van der Waals surface area contributed by atoms with Crippen molar-refractivity contribution in [1.29, 1.82) is 0 Å². The second-order valence-corrected chi connectivity index (χ2v) is 8.63. The molecule has 5 nitrogen and oxygen atoms in total. The Morgan fingerprint density at radius 1 is 0.821 bits per heavy atom. The molecule has 0 saturated carbocycles. The number of rotatable bonds is 5. The van der Waals surface area contributed by atoms with Crippen molar-refractivity contribution in [2.45, 2.75) is 4.90 Å². The largest absolute Gasteiger partial charge is 0.398 e. The van der Waals surface area contributed by atoms with Crippen LogP contribution in [-0.2, 0) is 10.0 Å². The zero-order chi connectivity index (χ0) is 19.6. The summed E-state index contributed by atoms with van der Waals surface area (Å²) in [6.45, 7) is 0. The van der Waals surface area contributed by atoms with Crippen molar-refractivity contribution in [2.75, 3.05) is 10.5 Å². The van der Waals surface area contributed by atoms with Gasteiger partial charge in [-0.1, -0.05) is 54.6 Å². The van der Waals surface area contributed by atoms with E-state index in [1.165, 1.54) is 6.07 Å². The number of benzene rings is 3.